The Hall–Kier alpha value is -2.54. The van der Waals surface area contributed by atoms with Gasteiger partial charge in [0.05, 0.1) is 5.75 Å². The van der Waals surface area contributed by atoms with Crippen molar-refractivity contribution in [1.82, 2.24) is 10.2 Å². The van der Waals surface area contributed by atoms with Gasteiger partial charge in [-0.15, -0.1) is 11.8 Å². The third-order valence-corrected chi connectivity index (χ3v) is 7.41. The number of hydrogen-bond acceptors (Lipinski definition) is 3. The Balaban J connectivity index is 1.85. The minimum atomic E-state index is -0.733. The maximum atomic E-state index is 13.6. The van der Waals surface area contributed by atoms with E-state index in [0.717, 1.165) is 16.7 Å². The summed E-state index contributed by atoms with van der Waals surface area (Å²) in [6.45, 7) is 4.72. The number of carbonyl (C=O) groups excluding carboxylic acids is 2. The molecule has 0 aromatic heterocycles. The lowest BCUT2D eigenvalue weighted by Gasteiger charge is -2.32. The lowest BCUT2D eigenvalue weighted by molar-refractivity contribution is -0.139. The largest absolute Gasteiger partial charge is 0.354 e. The second kappa shape index (κ2) is 14.4. The van der Waals surface area contributed by atoms with Gasteiger partial charge in [0, 0.05) is 35.3 Å². The van der Waals surface area contributed by atoms with Crippen molar-refractivity contribution >= 4 is 46.8 Å². The summed E-state index contributed by atoms with van der Waals surface area (Å²) >= 11 is 14.0. The molecule has 0 radical (unpaired) electrons. The molecule has 0 aliphatic carbocycles. The van der Waals surface area contributed by atoms with Gasteiger partial charge in [0.25, 0.3) is 0 Å². The summed E-state index contributed by atoms with van der Waals surface area (Å²) in [4.78, 5) is 28.6. The van der Waals surface area contributed by atoms with Gasteiger partial charge >= 0.3 is 0 Å². The monoisotopic (exact) mass is 560 g/mol. The van der Waals surface area contributed by atoms with E-state index in [1.807, 2.05) is 44.2 Å². The molecule has 2 amide bonds. The van der Waals surface area contributed by atoms with E-state index in [2.05, 4.69) is 5.32 Å². The normalized spacial score (nSPS) is 11.8. The molecule has 1 atom stereocenters. The molecular weight excluding hydrogens is 530 g/mol. The summed E-state index contributed by atoms with van der Waals surface area (Å²) in [5.74, 6) is 0.0800. The van der Waals surface area contributed by atoms with E-state index in [4.69, 9.17) is 23.2 Å². The van der Waals surface area contributed by atoms with E-state index in [1.165, 1.54) is 23.9 Å². The van der Waals surface area contributed by atoms with Gasteiger partial charge in [0.2, 0.25) is 11.8 Å². The van der Waals surface area contributed by atoms with Crippen LogP contribution < -0.4 is 5.32 Å². The Morgan fingerprint density at radius 1 is 0.919 bits per heavy atom. The Bertz CT molecular complexity index is 1160. The van der Waals surface area contributed by atoms with Gasteiger partial charge in [-0.05, 0) is 46.9 Å². The van der Waals surface area contributed by atoms with Crippen LogP contribution in [0.25, 0.3) is 0 Å². The molecule has 3 aromatic carbocycles. The number of nitrogens with zero attached hydrogens (tertiary/aromatic N) is 1. The maximum absolute atomic E-state index is 13.6. The summed E-state index contributed by atoms with van der Waals surface area (Å²) in [5, 5.41) is 4.09. The lowest BCUT2D eigenvalue weighted by Crippen LogP contribution is -2.51. The highest BCUT2D eigenvalue weighted by Crippen LogP contribution is 2.28. The molecule has 0 heterocycles. The Kier molecular flexibility index (Phi) is 11.3. The quantitative estimate of drug-likeness (QED) is 0.265. The molecule has 0 bridgehead atoms. The number of halogens is 3. The smallest absolute Gasteiger partial charge is 0.243 e. The van der Waals surface area contributed by atoms with Crippen molar-refractivity contribution in [2.75, 3.05) is 12.3 Å². The average molecular weight is 562 g/mol. The Morgan fingerprint density at radius 2 is 1.57 bits per heavy atom. The van der Waals surface area contributed by atoms with Gasteiger partial charge in [0.15, 0.2) is 0 Å². The van der Waals surface area contributed by atoms with Crippen molar-refractivity contribution in [3.8, 4) is 0 Å². The molecule has 4 nitrogen and oxygen atoms in total. The van der Waals surface area contributed by atoms with E-state index in [-0.39, 0.29) is 35.8 Å². The number of amides is 2. The maximum Gasteiger partial charge on any atom is 0.243 e. The first-order valence-electron chi connectivity index (χ1n) is 12.1. The second-order valence-corrected chi connectivity index (χ2v) is 11.0. The zero-order valence-electron chi connectivity index (χ0n) is 20.9. The van der Waals surface area contributed by atoms with Gasteiger partial charge in [0.1, 0.15) is 11.9 Å². The fraction of sp³-hybridized carbons (Fsp3) is 0.310. The summed E-state index contributed by atoms with van der Waals surface area (Å²) in [6, 6.07) is 20.2. The van der Waals surface area contributed by atoms with Crippen LogP contribution in [0.1, 0.15) is 30.5 Å². The SMILES string of the molecule is CC(C)CNC(=O)C(Cc1ccccc1)N(Cc1ccc(F)cc1)C(=O)CSCc1c(Cl)cccc1Cl. The molecule has 3 rings (SSSR count). The van der Waals surface area contributed by atoms with Gasteiger partial charge in [-0.2, -0.15) is 0 Å². The topological polar surface area (TPSA) is 49.4 Å². The fourth-order valence-electron chi connectivity index (χ4n) is 3.76. The summed E-state index contributed by atoms with van der Waals surface area (Å²) in [6.07, 6.45) is 0.360. The van der Waals surface area contributed by atoms with Gasteiger partial charge in [-0.25, -0.2) is 4.39 Å². The number of thioether (sulfide) groups is 1. The van der Waals surface area contributed by atoms with Crippen LogP contribution in [0.15, 0.2) is 72.8 Å². The predicted octanol–water partition coefficient (Wildman–Crippen LogP) is 6.78. The van der Waals surface area contributed by atoms with E-state index in [0.29, 0.717) is 28.8 Å². The highest BCUT2D eigenvalue weighted by Gasteiger charge is 2.30. The minimum Gasteiger partial charge on any atom is -0.354 e. The minimum absolute atomic E-state index is 0.130. The predicted molar refractivity (Wildman–Crippen MR) is 151 cm³/mol. The molecule has 1 unspecified atom stereocenters. The average Bonchev–Trinajstić information content (AvgIpc) is 2.88. The van der Waals surface area contributed by atoms with Gasteiger partial charge < -0.3 is 10.2 Å². The van der Waals surface area contributed by atoms with E-state index in [9.17, 15) is 14.0 Å². The summed E-state index contributed by atoms with van der Waals surface area (Å²) in [5.41, 5.74) is 2.45. The molecule has 0 aliphatic rings. The molecule has 1 N–H and O–H groups in total. The van der Waals surface area contributed by atoms with Crippen molar-refractivity contribution < 1.29 is 14.0 Å². The lowest BCUT2D eigenvalue weighted by atomic mass is 10.0. The van der Waals surface area contributed by atoms with Gasteiger partial charge in [-0.1, -0.05) is 85.6 Å². The number of carbonyl (C=O) groups is 2. The van der Waals surface area contributed by atoms with Crippen LogP contribution in [0.3, 0.4) is 0 Å². The number of hydrogen-bond donors (Lipinski definition) is 1. The molecule has 0 aliphatic heterocycles. The highest BCUT2D eigenvalue weighted by molar-refractivity contribution is 7.99. The molecule has 0 spiro atoms. The first-order chi connectivity index (χ1) is 17.7. The zero-order valence-corrected chi connectivity index (χ0v) is 23.3. The van der Waals surface area contributed by atoms with Crippen molar-refractivity contribution in [3.05, 3.63) is 105 Å². The standard InChI is InChI=1S/C29H31Cl2FN2O2S/c1-20(2)16-33-29(36)27(15-21-7-4-3-5-8-21)34(17-22-11-13-23(32)14-12-22)28(35)19-37-18-24-25(30)9-6-10-26(24)31/h3-14,20,27H,15-19H2,1-2H3,(H,33,36). The second-order valence-electron chi connectivity index (χ2n) is 9.19. The first-order valence-corrected chi connectivity index (χ1v) is 14.0. The Labute approximate surface area is 232 Å². The van der Waals surface area contributed by atoms with Crippen LogP contribution in [-0.4, -0.2) is 35.1 Å². The Morgan fingerprint density at radius 3 is 2.19 bits per heavy atom. The number of benzene rings is 3. The van der Waals surface area contributed by atoms with Crippen LogP contribution in [-0.2, 0) is 28.3 Å². The van der Waals surface area contributed by atoms with Crippen LogP contribution >= 0.6 is 35.0 Å². The van der Waals surface area contributed by atoms with Crippen molar-refractivity contribution in [3.63, 3.8) is 0 Å². The third kappa shape index (κ3) is 9.06. The van der Waals surface area contributed by atoms with E-state index in [1.54, 1.807) is 35.2 Å². The van der Waals surface area contributed by atoms with Gasteiger partial charge in [-0.3, -0.25) is 9.59 Å². The molecule has 196 valence electrons. The zero-order chi connectivity index (χ0) is 26.8. The molecular formula is C29H31Cl2FN2O2S. The molecule has 0 fully saturated rings. The van der Waals surface area contributed by atoms with E-state index >= 15 is 0 Å². The fourth-order valence-corrected chi connectivity index (χ4v) is 5.40. The molecule has 0 saturated carbocycles. The first kappa shape index (κ1) is 29.0. The highest BCUT2D eigenvalue weighted by atomic mass is 35.5. The molecule has 37 heavy (non-hydrogen) atoms. The van der Waals surface area contributed by atoms with E-state index < -0.39 is 6.04 Å². The third-order valence-electron chi connectivity index (χ3n) is 5.76. The molecule has 3 aromatic rings. The molecule has 0 saturated heterocycles. The van der Waals surface area contributed by atoms with Crippen molar-refractivity contribution in [1.29, 1.82) is 0 Å². The summed E-state index contributed by atoms with van der Waals surface area (Å²) < 4.78 is 13.6. The van der Waals surface area contributed by atoms with Crippen LogP contribution in [0.4, 0.5) is 4.39 Å². The number of nitrogens with one attached hydrogen (secondary N) is 1. The van der Waals surface area contributed by atoms with Crippen molar-refractivity contribution in [2.45, 2.75) is 38.6 Å². The number of rotatable bonds is 12. The van der Waals surface area contributed by atoms with Crippen molar-refractivity contribution in [2.24, 2.45) is 5.92 Å². The van der Waals surface area contributed by atoms with Crippen LogP contribution in [0.5, 0.6) is 0 Å². The summed E-state index contributed by atoms with van der Waals surface area (Å²) in [7, 11) is 0. The van der Waals surface area contributed by atoms with Crippen LogP contribution in [0.2, 0.25) is 10.0 Å². The van der Waals surface area contributed by atoms with Crippen LogP contribution in [0, 0.1) is 11.7 Å². The molecule has 8 heteroatoms.